The SMILES string of the molecule is Cn1ccn(C2CCCCC2)[c]1=[Pt].FC(F)(F)c1ccc(CN(I)I)cc1. The van der Waals surface area contributed by atoms with Crippen LogP contribution >= 0.6 is 45.7 Å². The summed E-state index contributed by atoms with van der Waals surface area (Å²) in [6, 6.07) is 5.96. The van der Waals surface area contributed by atoms with E-state index in [1.165, 1.54) is 48.0 Å². The monoisotopic (exact) mass is 786 g/mol. The van der Waals surface area contributed by atoms with E-state index in [2.05, 4.69) is 93.7 Å². The molecule has 0 saturated heterocycles. The van der Waals surface area contributed by atoms with E-state index in [-0.39, 0.29) is 0 Å². The standard InChI is InChI=1S/C10H16N2.C8H6F3I2N.Pt/c1-11-7-8-12(9-11)10-5-3-2-4-6-10;9-8(10,11)7-3-1-6(2-4-7)5-14(12)13;/h7-8,10H,2-6H2,1H3;1-4H,5H2;. The first-order valence-electron chi connectivity index (χ1n) is 8.62. The van der Waals surface area contributed by atoms with Crippen LogP contribution in [0.5, 0.6) is 0 Å². The van der Waals surface area contributed by atoms with E-state index in [0.29, 0.717) is 6.54 Å². The molecular formula is C18H22F3I2N3Pt. The Hall–Kier alpha value is 0.328. The van der Waals surface area contributed by atoms with Crippen LogP contribution in [0.15, 0.2) is 36.7 Å². The molecule has 0 aliphatic heterocycles. The molecule has 0 bridgehead atoms. The van der Waals surface area contributed by atoms with E-state index >= 15 is 0 Å². The van der Waals surface area contributed by atoms with Gasteiger partial charge >= 0.3 is 96.1 Å². The summed E-state index contributed by atoms with van der Waals surface area (Å²) in [5.41, 5.74) is 0.261. The molecule has 0 unspecified atom stereocenters. The van der Waals surface area contributed by atoms with Gasteiger partial charge in [0.2, 0.25) is 0 Å². The Balaban J connectivity index is 0.000000194. The van der Waals surface area contributed by atoms with Crippen LogP contribution in [0, 0.1) is 3.80 Å². The van der Waals surface area contributed by atoms with Gasteiger partial charge in [0.05, 0.1) is 5.56 Å². The summed E-state index contributed by atoms with van der Waals surface area (Å²) in [4.78, 5) is 0. The molecule has 1 aliphatic rings. The molecule has 0 N–H and O–H groups in total. The third kappa shape index (κ3) is 7.58. The van der Waals surface area contributed by atoms with Gasteiger partial charge < -0.3 is 0 Å². The molecule has 1 aromatic carbocycles. The van der Waals surface area contributed by atoms with E-state index in [1.807, 2.05) is 1.33 Å². The minimum absolute atomic E-state index is 0.602. The largest absolute Gasteiger partial charge is 0.416 e. The number of nitrogens with zero attached hydrogens (tertiary/aromatic N) is 3. The molecule has 1 fully saturated rings. The molecular weight excluding hydrogens is 764 g/mol. The van der Waals surface area contributed by atoms with Crippen molar-refractivity contribution in [1.29, 1.82) is 0 Å². The first-order chi connectivity index (χ1) is 12.7. The summed E-state index contributed by atoms with van der Waals surface area (Å²) < 4.78 is 44.3. The van der Waals surface area contributed by atoms with Crippen molar-refractivity contribution in [3.05, 3.63) is 51.6 Å². The fourth-order valence-electron chi connectivity index (χ4n) is 3.03. The predicted molar refractivity (Wildman–Crippen MR) is 114 cm³/mol. The minimum atomic E-state index is -4.24. The molecule has 9 heteroatoms. The Morgan fingerprint density at radius 2 is 1.67 bits per heavy atom. The van der Waals surface area contributed by atoms with Gasteiger partial charge in [-0.2, -0.15) is 14.5 Å². The van der Waals surface area contributed by atoms with Gasteiger partial charge in [-0.25, -0.2) is 0 Å². The van der Waals surface area contributed by atoms with Crippen molar-refractivity contribution in [3.63, 3.8) is 0 Å². The topological polar surface area (TPSA) is 13.1 Å². The zero-order valence-electron chi connectivity index (χ0n) is 14.8. The average Bonchev–Trinajstić information content (AvgIpc) is 2.95. The summed E-state index contributed by atoms with van der Waals surface area (Å²) in [6.45, 7) is 0.624. The molecule has 154 valence electrons. The first kappa shape index (κ1) is 23.6. The molecule has 3 rings (SSSR count). The van der Waals surface area contributed by atoms with Gasteiger partial charge in [0.1, 0.15) is 0 Å². The van der Waals surface area contributed by atoms with Crippen LogP contribution in [0.3, 0.4) is 0 Å². The molecule has 1 aromatic heterocycles. The molecule has 1 aliphatic carbocycles. The molecule has 0 atom stereocenters. The zero-order valence-corrected chi connectivity index (χ0v) is 21.4. The van der Waals surface area contributed by atoms with Crippen LogP contribution in [-0.4, -0.2) is 10.5 Å². The third-order valence-electron chi connectivity index (χ3n) is 4.47. The van der Waals surface area contributed by atoms with Gasteiger partial charge in [-0.3, -0.25) is 0 Å². The fourth-order valence-corrected chi connectivity index (χ4v) is 4.57. The summed E-state index contributed by atoms with van der Waals surface area (Å²) >= 11 is 6.55. The van der Waals surface area contributed by atoms with Gasteiger partial charge in [0.15, 0.2) is 0 Å². The fraction of sp³-hybridized carbons (Fsp3) is 0.500. The summed E-state index contributed by atoms with van der Waals surface area (Å²) in [7, 11) is 2.11. The summed E-state index contributed by atoms with van der Waals surface area (Å²) in [5, 5.41) is 0. The molecule has 0 radical (unpaired) electrons. The van der Waals surface area contributed by atoms with Crippen LogP contribution in [0.4, 0.5) is 13.2 Å². The number of rotatable bonds is 3. The second-order valence-corrected chi connectivity index (χ2v) is 11.7. The predicted octanol–water partition coefficient (Wildman–Crippen LogP) is 6.62. The Morgan fingerprint density at radius 1 is 1.07 bits per heavy atom. The van der Waals surface area contributed by atoms with Crippen LogP contribution in [0.2, 0.25) is 0 Å². The van der Waals surface area contributed by atoms with Crippen LogP contribution in [0.25, 0.3) is 0 Å². The van der Waals surface area contributed by atoms with Crippen LogP contribution in [0.1, 0.15) is 49.3 Å². The van der Waals surface area contributed by atoms with Crippen molar-refractivity contribution in [2.45, 2.75) is 50.9 Å². The van der Waals surface area contributed by atoms with E-state index in [4.69, 9.17) is 0 Å². The number of alkyl halides is 3. The Morgan fingerprint density at radius 3 is 2.11 bits per heavy atom. The van der Waals surface area contributed by atoms with Crippen molar-refractivity contribution in [2.24, 2.45) is 7.05 Å². The van der Waals surface area contributed by atoms with Crippen molar-refractivity contribution >= 4 is 45.7 Å². The zero-order chi connectivity index (χ0) is 20.0. The van der Waals surface area contributed by atoms with Crippen LogP contribution in [-0.2, 0) is 39.1 Å². The van der Waals surface area contributed by atoms with Crippen LogP contribution < -0.4 is 0 Å². The normalized spacial score (nSPS) is 15.6. The molecule has 3 nitrogen and oxygen atoms in total. The van der Waals surface area contributed by atoms with E-state index in [1.54, 1.807) is 0 Å². The second kappa shape index (κ2) is 10.9. The first-order valence-corrected chi connectivity index (χ1v) is 11.7. The number of aryl methyl sites for hydroxylation is 1. The summed E-state index contributed by atoms with van der Waals surface area (Å²) in [5.74, 6) is 0. The maximum atomic E-state index is 12.2. The molecule has 1 saturated carbocycles. The number of imidazole rings is 1. The Bertz CT molecular complexity index is 763. The molecule has 1 heterocycles. The number of benzene rings is 1. The van der Waals surface area contributed by atoms with E-state index in [9.17, 15) is 13.2 Å². The maximum Gasteiger partial charge on any atom is 0.416 e. The minimum Gasteiger partial charge on any atom is -0.184 e. The van der Waals surface area contributed by atoms with Crippen molar-refractivity contribution in [2.75, 3.05) is 0 Å². The molecule has 2 aromatic rings. The van der Waals surface area contributed by atoms with E-state index in [0.717, 1.165) is 23.7 Å². The average molecular weight is 786 g/mol. The smallest absolute Gasteiger partial charge is 0.184 e. The van der Waals surface area contributed by atoms with Crippen molar-refractivity contribution in [3.8, 4) is 0 Å². The van der Waals surface area contributed by atoms with Gasteiger partial charge in [-0.15, -0.1) is 0 Å². The number of halogens is 5. The number of aromatic nitrogens is 2. The van der Waals surface area contributed by atoms with E-state index < -0.39 is 11.7 Å². The molecule has 0 spiro atoms. The second-order valence-electron chi connectivity index (χ2n) is 6.51. The van der Waals surface area contributed by atoms with Gasteiger partial charge in [-0.05, 0) is 17.7 Å². The Labute approximate surface area is 196 Å². The summed E-state index contributed by atoms with van der Waals surface area (Å²) in [6.07, 6.45) is 7.10. The van der Waals surface area contributed by atoms with Gasteiger partial charge in [0, 0.05) is 52.3 Å². The quantitative estimate of drug-likeness (QED) is 0.252. The van der Waals surface area contributed by atoms with Gasteiger partial charge in [-0.1, -0.05) is 12.1 Å². The Kier molecular flexibility index (Phi) is 9.55. The number of hydrogen-bond donors (Lipinski definition) is 0. The maximum absolute atomic E-state index is 12.2. The molecule has 0 amide bonds. The van der Waals surface area contributed by atoms with Crippen molar-refractivity contribution < 1.29 is 32.5 Å². The third-order valence-corrected chi connectivity index (χ3v) is 6.54. The van der Waals surface area contributed by atoms with Crippen molar-refractivity contribution in [1.82, 2.24) is 10.5 Å². The van der Waals surface area contributed by atoms with Gasteiger partial charge in [0.25, 0.3) is 0 Å². The molecule has 27 heavy (non-hydrogen) atoms. The number of hydrogen-bond acceptors (Lipinski definition) is 1.